The molecule has 0 saturated heterocycles. The molecule has 3 rings (SSSR count). The summed E-state index contributed by atoms with van der Waals surface area (Å²) in [5.74, 6) is -0.497. The highest BCUT2D eigenvalue weighted by molar-refractivity contribution is 5.94. The van der Waals surface area contributed by atoms with Crippen molar-refractivity contribution >= 4 is 23.8 Å². The second-order valence-corrected chi connectivity index (χ2v) is 9.08. The zero-order chi connectivity index (χ0) is 26.1. The molecule has 0 fully saturated rings. The van der Waals surface area contributed by atoms with E-state index in [2.05, 4.69) is 21.3 Å². The summed E-state index contributed by atoms with van der Waals surface area (Å²) >= 11 is 0. The molecule has 0 spiro atoms. The summed E-state index contributed by atoms with van der Waals surface area (Å²) in [6, 6.07) is 13.0. The average Bonchev–Trinajstić information content (AvgIpc) is 2.89. The Morgan fingerprint density at radius 2 is 1.78 bits per heavy atom. The van der Waals surface area contributed by atoms with Gasteiger partial charge in [0.1, 0.15) is 17.8 Å². The molecular formula is C28H36N4O4. The largest absolute Gasteiger partial charge is 0.496 e. The Morgan fingerprint density at radius 3 is 2.44 bits per heavy atom. The number of rotatable bonds is 6. The third-order valence-corrected chi connectivity index (χ3v) is 6.60. The first-order valence-corrected chi connectivity index (χ1v) is 12.3. The molecule has 2 aromatic rings. The van der Waals surface area contributed by atoms with Crippen LogP contribution in [0.2, 0.25) is 0 Å². The molecule has 1 aliphatic heterocycles. The topological polar surface area (TPSA) is 109 Å². The molecule has 1 heterocycles. The molecule has 1 aliphatic rings. The van der Waals surface area contributed by atoms with E-state index in [0.29, 0.717) is 25.0 Å². The van der Waals surface area contributed by atoms with Crippen molar-refractivity contribution < 1.29 is 19.1 Å². The lowest BCUT2D eigenvalue weighted by atomic mass is 9.96. The molecule has 8 heteroatoms. The Hall–Kier alpha value is -3.65. The van der Waals surface area contributed by atoms with Crippen LogP contribution in [0.3, 0.4) is 0 Å². The maximum atomic E-state index is 13.4. The van der Waals surface area contributed by atoms with Crippen molar-refractivity contribution in [3.8, 4) is 5.75 Å². The maximum Gasteiger partial charge on any atom is 0.246 e. The van der Waals surface area contributed by atoms with E-state index in [1.165, 1.54) is 0 Å². The predicted molar refractivity (Wildman–Crippen MR) is 140 cm³/mol. The van der Waals surface area contributed by atoms with Crippen molar-refractivity contribution in [1.29, 1.82) is 0 Å². The zero-order valence-corrected chi connectivity index (χ0v) is 21.3. The number of fused-ring (bicyclic) bond motifs is 2. The van der Waals surface area contributed by atoms with Crippen molar-refractivity contribution in [2.75, 3.05) is 14.2 Å². The van der Waals surface area contributed by atoms with Crippen LogP contribution in [0.5, 0.6) is 5.75 Å². The Labute approximate surface area is 212 Å². The van der Waals surface area contributed by atoms with E-state index >= 15 is 0 Å². The smallest absolute Gasteiger partial charge is 0.246 e. The van der Waals surface area contributed by atoms with Gasteiger partial charge in [-0.25, -0.2) is 0 Å². The molecule has 36 heavy (non-hydrogen) atoms. The summed E-state index contributed by atoms with van der Waals surface area (Å²) in [5, 5.41) is 11.7. The van der Waals surface area contributed by atoms with Crippen molar-refractivity contribution in [2.45, 2.75) is 51.2 Å². The zero-order valence-electron chi connectivity index (χ0n) is 21.3. The molecule has 2 aromatic carbocycles. The van der Waals surface area contributed by atoms with Crippen LogP contribution in [0.25, 0.3) is 6.08 Å². The molecule has 192 valence electrons. The van der Waals surface area contributed by atoms with Crippen LogP contribution in [-0.2, 0) is 27.2 Å². The number of hydrogen-bond donors (Lipinski definition) is 4. The molecule has 4 N–H and O–H groups in total. The van der Waals surface area contributed by atoms with Crippen molar-refractivity contribution in [3.05, 3.63) is 71.4 Å². The number of amides is 3. The third kappa shape index (κ3) is 6.95. The number of likely N-dealkylation sites (N-methyl/N-ethyl adjacent to an activating group) is 1. The first-order valence-electron chi connectivity index (χ1n) is 12.3. The van der Waals surface area contributed by atoms with Gasteiger partial charge in [-0.05, 0) is 47.9 Å². The molecule has 1 unspecified atom stereocenters. The summed E-state index contributed by atoms with van der Waals surface area (Å²) in [6.07, 6.45) is 4.71. The second-order valence-electron chi connectivity index (χ2n) is 9.08. The molecule has 0 saturated carbocycles. The normalized spacial score (nSPS) is 21.9. The standard InChI is InChI=1S/C28H36N4O4/c1-5-18(2)25-28(35)31-23(16-19-9-7-6-8-10-19)26(33)30-14-13-20-11-12-24(36-4)21(15-20)17-22(29-3)27(34)32-25/h6-15,18,22-23,25,29H,5,16-17H2,1-4H3,(H,30,33)(H,31,35)(H,32,34)/t18-,22+,23-,25?/m0/s1. The molecule has 0 aliphatic carbocycles. The fourth-order valence-corrected chi connectivity index (χ4v) is 4.20. The van der Waals surface area contributed by atoms with Crippen LogP contribution in [0, 0.1) is 5.92 Å². The Kier molecular flexibility index (Phi) is 9.64. The van der Waals surface area contributed by atoms with Gasteiger partial charge in [-0.1, -0.05) is 56.7 Å². The van der Waals surface area contributed by atoms with Gasteiger partial charge >= 0.3 is 0 Å². The Bertz CT molecular complexity index is 1090. The van der Waals surface area contributed by atoms with Crippen LogP contribution in [0.4, 0.5) is 0 Å². The minimum atomic E-state index is -0.815. The van der Waals surface area contributed by atoms with Crippen LogP contribution in [0.15, 0.2) is 54.7 Å². The average molecular weight is 493 g/mol. The summed E-state index contributed by atoms with van der Waals surface area (Å²) in [7, 11) is 3.30. The number of nitrogens with one attached hydrogen (secondary N) is 4. The molecule has 0 aromatic heterocycles. The van der Waals surface area contributed by atoms with Crippen molar-refractivity contribution in [1.82, 2.24) is 21.3 Å². The highest BCUT2D eigenvalue weighted by atomic mass is 16.5. The fraction of sp³-hybridized carbons (Fsp3) is 0.393. The lowest BCUT2D eigenvalue weighted by Gasteiger charge is -2.28. The van der Waals surface area contributed by atoms with Gasteiger partial charge in [0, 0.05) is 19.0 Å². The van der Waals surface area contributed by atoms with E-state index in [0.717, 1.165) is 16.7 Å². The Balaban J connectivity index is 2.00. The highest BCUT2D eigenvalue weighted by Crippen LogP contribution is 2.23. The summed E-state index contributed by atoms with van der Waals surface area (Å²) < 4.78 is 5.51. The maximum absolute atomic E-state index is 13.4. The quantitative estimate of drug-likeness (QED) is 0.494. The van der Waals surface area contributed by atoms with E-state index in [9.17, 15) is 14.4 Å². The summed E-state index contributed by atoms with van der Waals surface area (Å²) in [5.41, 5.74) is 2.60. The van der Waals surface area contributed by atoms with Gasteiger partial charge in [0.2, 0.25) is 17.7 Å². The first kappa shape index (κ1) is 26.9. The van der Waals surface area contributed by atoms with Crippen LogP contribution >= 0.6 is 0 Å². The van der Waals surface area contributed by atoms with Gasteiger partial charge in [-0.3, -0.25) is 14.4 Å². The van der Waals surface area contributed by atoms with E-state index < -0.39 is 18.1 Å². The third-order valence-electron chi connectivity index (χ3n) is 6.60. The van der Waals surface area contributed by atoms with Gasteiger partial charge in [0.25, 0.3) is 0 Å². The monoisotopic (exact) mass is 492 g/mol. The predicted octanol–water partition coefficient (Wildman–Crippen LogP) is 2.18. The fourth-order valence-electron chi connectivity index (χ4n) is 4.20. The molecule has 8 nitrogen and oxygen atoms in total. The van der Waals surface area contributed by atoms with Gasteiger partial charge in [0.05, 0.1) is 13.2 Å². The molecule has 0 radical (unpaired) electrons. The van der Waals surface area contributed by atoms with Crippen LogP contribution < -0.4 is 26.0 Å². The van der Waals surface area contributed by atoms with Crippen molar-refractivity contribution in [3.63, 3.8) is 0 Å². The summed E-state index contributed by atoms with van der Waals surface area (Å²) in [4.78, 5) is 39.9. The van der Waals surface area contributed by atoms with Gasteiger partial charge in [-0.2, -0.15) is 0 Å². The number of hydrogen-bond acceptors (Lipinski definition) is 5. The number of carbonyl (C=O) groups is 3. The second kappa shape index (κ2) is 12.9. The van der Waals surface area contributed by atoms with Gasteiger partial charge < -0.3 is 26.0 Å². The SMILES string of the molecule is CC[C@H](C)C1NC(=O)[C@H](NC)Cc2cc(ccc2OC)C=CNC(=O)[C@H](Cc2ccccc2)NC1=O. The van der Waals surface area contributed by atoms with E-state index in [1.54, 1.807) is 26.4 Å². The molecule has 3 amide bonds. The molecular weight excluding hydrogens is 456 g/mol. The van der Waals surface area contributed by atoms with E-state index in [4.69, 9.17) is 4.74 Å². The number of methoxy groups -OCH3 is 1. The lowest BCUT2D eigenvalue weighted by molar-refractivity contribution is -0.133. The van der Waals surface area contributed by atoms with Crippen molar-refractivity contribution in [2.24, 2.45) is 5.92 Å². The van der Waals surface area contributed by atoms with Crippen LogP contribution in [-0.4, -0.2) is 50.0 Å². The van der Waals surface area contributed by atoms with Crippen LogP contribution in [0.1, 0.15) is 37.0 Å². The van der Waals surface area contributed by atoms with E-state index in [-0.39, 0.29) is 23.6 Å². The minimum Gasteiger partial charge on any atom is -0.496 e. The minimum absolute atomic E-state index is 0.139. The molecule has 2 bridgehead atoms. The number of carbonyl (C=O) groups excluding carboxylic acids is 3. The summed E-state index contributed by atoms with van der Waals surface area (Å²) in [6.45, 7) is 3.87. The number of benzene rings is 2. The van der Waals surface area contributed by atoms with E-state index in [1.807, 2.05) is 62.4 Å². The van der Waals surface area contributed by atoms with Gasteiger partial charge in [-0.15, -0.1) is 0 Å². The lowest BCUT2D eigenvalue weighted by Crippen LogP contribution is -2.58. The number of ether oxygens (including phenoxy) is 1. The molecule has 4 atom stereocenters. The Morgan fingerprint density at radius 1 is 1.03 bits per heavy atom. The first-order chi connectivity index (χ1) is 17.4. The highest BCUT2D eigenvalue weighted by Gasteiger charge is 2.32. The van der Waals surface area contributed by atoms with Gasteiger partial charge in [0.15, 0.2) is 0 Å².